The van der Waals surface area contributed by atoms with Gasteiger partial charge in [0.05, 0.1) is 27.7 Å². The lowest BCUT2D eigenvalue weighted by Crippen LogP contribution is -2.53. The monoisotopic (exact) mass is 639 g/mol. The van der Waals surface area contributed by atoms with E-state index in [2.05, 4.69) is 5.32 Å². The molecule has 2 amide bonds. The summed E-state index contributed by atoms with van der Waals surface area (Å²) in [5.41, 5.74) is 1.67. The van der Waals surface area contributed by atoms with Gasteiger partial charge in [-0.1, -0.05) is 83.9 Å². The predicted molar refractivity (Wildman–Crippen MR) is 169 cm³/mol. The molecule has 0 aliphatic rings. The van der Waals surface area contributed by atoms with Gasteiger partial charge >= 0.3 is 0 Å². The summed E-state index contributed by atoms with van der Waals surface area (Å²) >= 11 is 12.4. The van der Waals surface area contributed by atoms with Crippen LogP contribution in [0.25, 0.3) is 0 Å². The van der Waals surface area contributed by atoms with Crippen molar-refractivity contribution in [3.05, 3.63) is 124 Å². The number of nitrogens with one attached hydrogen (secondary N) is 1. The third-order valence-electron chi connectivity index (χ3n) is 6.81. The molecule has 1 unspecified atom stereocenters. The third kappa shape index (κ3) is 7.87. The lowest BCUT2D eigenvalue weighted by atomic mass is 10.0. The Morgan fingerprint density at radius 3 is 2.12 bits per heavy atom. The summed E-state index contributed by atoms with van der Waals surface area (Å²) in [6.07, 6.45) is 0.203. The molecular formula is C32H31Cl2N3O5S. The molecule has 43 heavy (non-hydrogen) atoms. The van der Waals surface area contributed by atoms with Crippen LogP contribution in [0.3, 0.4) is 0 Å². The number of anilines is 1. The SMILES string of the molecule is CNC(=O)C(Cc1ccccc1)N(Cc1cccc(OC)c1)C(=O)CN(c1ccc(Cl)c(Cl)c1)S(=O)(=O)c1ccccc1. The molecule has 0 saturated carbocycles. The van der Waals surface area contributed by atoms with Gasteiger partial charge in [-0.2, -0.15) is 0 Å². The van der Waals surface area contributed by atoms with Crippen LogP contribution < -0.4 is 14.4 Å². The minimum absolute atomic E-state index is 0.0136. The summed E-state index contributed by atoms with van der Waals surface area (Å²) in [4.78, 5) is 29.0. The van der Waals surface area contributed by atoms with Crippen LogP contribution in [0.5, 0.6) is 5.75 Å². The van der Waals surface area contributed by atoms with E-state index < -0.39 is 34.4 Å². The van der Waals surface area contributed by atoms with Gasteiger partial charge in [-0.05, 0) is 53.6 Å². The Hall–Kier alpha value is -4.05. The van der Waals surface area contributed by atoms with Crippen molar-refractivity contribution in [2.75, 3.05) is 25.0 Å². The van der Waals surface area contributed by atoms with Crippen LogP contribution in [0.15, 0.2) is 108 Å². The standard InChI is InChI=1S/C32H31Cl2N3O5S/c1-35-32(39)30(19-23-10-5-3-6-11-23)36(21-24-12-9-13-26(18-24)42-2)31(38)22-37(25-16-17-28(33)29(34)20-25)43(40,41)27-14-7-4-8-15-27/h3-18,20,30H,19,21-22H2,1-2H3,(H,35,39). The fourth-order valence-corrected chi connectivity index (χ4v) is 6.30. The van der Waals surface area contributed by atoms with Gasteiger partial charge in [0.25, 0.3) is 10.0 Å². The van der Waals surface area contributed by atoms with E-state index in [1.165, 1.54) is 49.4 Å². The molecule has 11 heteroatoms. The molecule has 4 aromatic rings. The van der Waals surface area contributed by atoms with Gasteiger partial charge in [0.15, 0.2) is 0 Å². The van der Waals surface area contributed by atoms with Crippen molar-refractivity contribution in [3.8, 4) is 5.75 Å². The van der Waals surface area contributed by atoms with Crippen molar-refractivity contribution in [1.82, 2.24) is 10.2 Å². The molecule has 0 aliphatic carbocycles. The number of rotatable bonds is 12. The summed E-state index contributed by atoms with van der Waals surface area (Å²) < 4.78 is 34.3. The van der Waals surface area contributed by atoms with Crippen LogP contribution in [0, 0.1) is 0 Å². The molecule has 8 nitrogen and oxygen atoms in total. The second-order valence-corrected chi connectivity index (χ2v) is 12.3. The average molecular weight is 641 g/mol. The summed E-state index contributed by atoms with van der Waals surface area (Å²) in [6, 6.07) is 27.6. The van der Waals surface area contributed by atoms with Crippen molar-refractivity contribution >= 4 is 50.7 Å². The Morgan fingerprint density at radius 2 is 1.49 bits per heavy atom. The van der Waals surface area contributed by atoms with Crippen LogP contribution in [0.2, 0.25) is 10.0 Å². The fourth-order valence-electron chi connectivity index (χ4n) is 4.58. The fraction of sp³-hybridized carbons (Fsp3) is 0.188. The molecule has 0 saturated heterocycles. The Labute approximate surface area is 261 Å². The van der Waals surface area contributed by atoms with Gasteiger partial charge < -0.3 is 15.0 Å². The molecule has 1 N–H and O–H groups in total. The van der Waals surface area contributed by atoms with Crippen LogP contribution in [-0.2, 0) is 32.6 Å². The normalized spacial score (nSPS) is 11.8. The molecule has 0 bridgehead atoms. The molecule has 224 valence electrons. The molecule has 0 aromatic heterocycles. The zero-order valence-corrected chi connectivity index (χ0v) is 25.9. The number of methoxy groups -OCH3 is 1. The van der Waals surface area contributed by atoms with E-state index in [-0.39, 0.29) is 33.6 Å². The van der Waals surface area contributed by atoms with E-state index in [1.807, 2.05) is 36.4 Å². The summed E-state index contributed by atoms with van der Waals surface area (Å²) in [5, 5.41) is 3.02. The van der Waals surface area contributed by atoms with E-state index in [9.17, 15) is 18.0 Å². The zero-order chi connectivity index (χ0) is 31.0. The van der Waals surface area contributed by atoms with E-state index in [4.69, 9.17) is 27.9 Å². The second-order valence-electron chi connectivity index (χ2n) is 9.62. The second kappa shape index (κ2) is 14.4. The predicted octanol–water partition coefficient (Wildman–Crippen LogP) is 5.58. The Bertz CT molecular complexity index is 1670. The lowest BCUT2D eigenvalue weighted by molar-refractivity contribution is -0.139. The van der Waals surface area contributed by atoms with Gasteiger partial charge in [0.1, 0.15) is 18.3 Å². The van der Waals surface area contributed by atoms with Gasteiger partial charge in [-0.3, -0.25) is 13.9 Å². The number of benzene rings is 4. The van der Waals surface area contributed by atoms with Crippen molar-refractivity contribution in [2.24, 2.45) is 0 Å². The Kier molecular flexibility index (Phi) is 10.7. The summed E-state index contributed by atoms with van der Waals surface area (Å²) in [5.74, 6) is -0.418. The number of hydrogen-bond donors (Lipinski definition) is 1. The molecular weight excluding hydrogens is 609 g/mol. The smallest absolute Gasteiger partial charge is 0.264 e. The largest absolute Gasteiger partial charge is 0.497 e. The number of carbonyl (C=O) groups excluding carboxylic acids is 2. The number of hydrogen-bond acceptors (Lipinski definition) is 5. The number of likely N-dealkylation sites (N-methyl/N-ethyl adjacent to an activating group) is 1. The first-order valence-electron chi connectivity index (χ1n) is 13.3. The van der Waals surface area contributed by atoms with Crippen molar-refractivity contribution in [3.63, 3.8) is 0 Å². The molecule has 4 aromatic carbocycles. The topological polar surface area (TPSA) is 96.0 Å². The minimum Gasteiger partial charge on any atom is -0.497 e. The quantitative estimate of drug-likeness (QED) is 0.218. The first-order chi connectivity index (χ1) is 20.6. The van der Waals surface area contributed by atoms with E-state index >= 15 is 0 Å². The molecule has 0 spiro atoms. The number of amides is 2. The number of nitrogens with zero attached hydrogens (tertiary/aromatic N) is 2. The molecule has 4 rings (SSSR count). The maximum Gasteiger partial charge on any atom is 0.264 e. The number of sulfonamides is 1. The number of ether oxygens (including phenoxy) is 1. The van der Waals surface area contributed by atoms with Crippen molar-refractivity contribution < 1.29 is 22.7 Å². The molecule has 0 aliphatic heterocycles. The van der Waals surface area contributed by atoms with Gasteiger partial charge in [-0.25, -0.2) is 8.42 Å². The Morgan fingerprint density at radius 1 is 0.837 bits per heavy atom. The zero-order valence-electron chi connectivity index (χ0n) is 23.6. The van der Waals surface area contributed by atoms with E-state index in [0.29, 0.717) is 11.3 Å². The average Bonchev–Trinajstić information content (AvgIpc) is 3.03. The van der Waals surface area contributed by atoms with Crippen LogP contribution in [0.1, 0.15) is 11.1 Å². The van der Waals surface area contributed by atoms with Crippen molar-refractivity contribution in [2.45, 2.75) is 23.9 Å². The van der Waals surface area contributed by atoms with Crippen LogP contribution >= 0.6 is 23.2 Å². The Balaban J connectivity index is 1.80. The third-order valence-corrected chi connectivity index (χ3v) is 9.33. The maximum atomic E-state index is 14.3. The first-order valence-corrected chi connectivity index (χ1v) is 15.5. The highest BCUT2D eigenvalue weighted by Gasteiger charge is 2.34. The highest BCUT2D eigenvalue weighted by molar-refractivity contribution is 7.92. The highest BCUT2D eigenvalue weighted by atomic mass is 35.5. The highest BCUT2D eigenvalue weighted by Crippen LogP contribution is 2.31. The van der Waals surface area contributed by atoms with Gasteiger partial charge in [-0.15, -0.1) is 0 Å². The lowest BCUT2D eigenvalue weighted by Gasteiger charge is -2.33. The minimum atomic E-state index is -4.24. The molecule has 1 atom stereocenters. The van der Waals surface area contributed by atoms with Gasteiger partial charge in [0, 0.05) is 20.0 Å². The molecule has 0 heterocycles. The van der Waals surface area contributed by atoms with Crippen molar-refractivity contribution in [1.29, 1.82) is 0 Å². The summed E-state index contributed by atoms with van der Waals surface area (Å²) in [6.45, 7) is -0.594. The van der Waals surface area contributed by atoms with E-state index in [0.717, 1.165) is 9.87 Å². The van der Waals surface area contributed by atoms with Gasteiger partial charge in [0.2, 0.25) is 11.8 Å². The summed E-state index contributed by atoms with van der Waals surface area (Å²) in [7, 11) is -1.21. The van der Waals surface area contributed by atoms with E-state index in [1.54, 1.807) is 36.4 Å². The number of carbonyl (C=O) groups is 2. The van der Waals surface area contributed by atoms with Crippen LogP contribution in [-0.4, -0.2) is 51.9 Å². The number of halogens is 2. The molecule has 0 radical (unpaired) electrons. The first kappa shape index (κ1) is 31.9. The maximum absolute atomic E-state index is 14.3. The van der Waals surface area contributed by atoms with Crippen LogP contribution in [0.4, 0.5) is 5.69 Å². The molecule has 0 fully saturated rings.